The minimum absolute atomic E-state index is 0.163. The Balaban J connectivity index is 1.87. The number of nitrogens with zero attached hydrogens (tertiary/aromatic N) is 3. The van der Waals surface area contributed by atoms with Crippen molar-refractivity contribution in [2.24, 2.45) is 10.2 Å². The molecule has 0 spiro atoms. The zero-order valence-electron chi connectivity index (χ0n) is 11.1. The zero-order chi connectivity index (χ0) is 15.2. The van der Waals surface area contributed by atoms with Crippen LogP contribution in [0.1, 0.15) is 12.5 Å². The summed E-state index contributed by atoms with van der Waals surface area (Å²) in [4.78, 5) is 22.9. The Morgan fingerprint density at radius 3 is 3.05 bits per heavy atom. The maximum atomic E-state index is 13.3. The smallest absolute Gasteiger partial charge is 0.245 e. The lowest BCUT2D eigenvalue weighted by atomic mass is 10.2. The van der Waals surface area contributed by atoms with Crippen molar-refractivity contribution in [1.29, 1.82) is 0 Å². The summed E-state index contributed by atoms with van der Waals surface area (Å²) in [6.45, 7) is 1.86. The predicted octanol–water partition coefficient (Wildman–Crippen LogP) is 0.775. The Hall–Kier alpha value is -2.97. The molecular formula is C12H13FN6O2. The monoisotopic (exact) mass is 292 g/mol. The van der Waals surface area contributed by atoms with Crippen molar-refractivity contribution in [2.75, 3.05) is 6.54 Å². The molecule has 2 rings (SSSR count). The number of halogens is 1. The van der Waals surface area contributed by atoms with Gasteiger partial charge in [0.05, 0.1) is 18.5 Å². The highest BCUT2D eigenvalue weighted by Gasteiger charge is 2.20. The third-order valence-corrected chi connectivity index (χ3v) is 2.49. The van der Waals surface area contributed by atoms with E-state index in [1.807, 2.05) is 0 Å². The summed E-state index contributed by atoms with van der Waals surface area (Å²) in [6, 6.07) is 4.69. The number of amides is 4. The molecule has 0 unspecified atom stereocenters. The van der Waals surface area contributed by atoms with Gasteiger partial charge >= 0.3 is 12.1 Å². The Morgan fingerprint density at radius 1 is 1.52 bits per heavy atom. The van der Waals surface area contributed by atoms with E-state index in [-0.39, 0.29) is 12.1 Å². The highest BCUT2D eigenvalue weighted by Crippen LogP contribution is 2.02. The first-order valence-corrected chi connectivity index (χ1v) is 6.01. The molecule has 0 radical (unpaired) electrons. The molecule has 0 saturated heterocycles. The number of hydrazine groups is 1. The summed E-state index contributed by atoms with van der Waals surface area (Å²) in [7, 11) is 0. The highest BCUT2D eigenvalue weighted by atomic mass is 19.1. The van der Waals surface area contributed by atoms with Crippen LogP contribution in [0, 0.1) is 5.82 Å². The molecule has 0 bridgehead atoms. The molecular weight excluding hydrogens is 279 g/mol. The number of hydrogen-bond acceptors (Lipinski definition) is 4. The maximum absolute atomic E-state index is 13.3. The van der Waals surface area contributed by atoms with E-state index in [4.69, 9.17) is 0 Å². The quantitative estimate of drug-likeness (QED) is 0.566. The molecule has 0 saturated carbocycles. The van der Waals surface area contributed by atoms with Gasteiger partial charge in [-0.25, -0.2) is 35.3 Å². The topological polar surface area (TPSA) is 98.2 Å². The van der Waals surface area contributed by atoms with Crippen LogP contribution >= 0.6 is 0 Å². The van der Waals surface area contributed by atoms with E-state index in [9.17, 15) is 14.0 Å². The first-order valence-electron chi connectivity index (χ1n) is 6.01. The van der Waals surface area contributed by atoms with E-state index in [2.05, 4.69) is 26.5 Å². The predicted molar refractivity (Wildman–Crippen MR) is 74.0 cm³/mol. The summed E-state index contributed by atoms with van der Waals surface area (Å²) < 4.78 is 13.3. The van der Waals surface area contributed by atoms with E-state index < -0.39 is 17.9 Å². The van der Waals surface area contributed by atoms with Gasteiger partial charge in [0.25, 0.3) is 0 Å². The van der Waals surface area contributed by atoms with Crippen LogP contribution in [0.25, 0.3) is 0 Å². The number of carbonyl (C=O) groups is 2. The van der Waals surface area contributed by atoms with Crippen LogP contribution < -0.4 is 16.3 Å². The van der Waals surface area contributed by atoms with Gasteiger partial charge in [-0.2, -0.15) is 10.2 Å². The molecule has 3 N–H and O–H groups in total. The second-order valence-corrected chi connectivity index (χ2v) is 4.18. The van der Waals surface area contributed by atoms with Crippen molar-refractivity contribution in [3.05, 3.63) is 35.6 Å². The summed E-state index contributed by atoms with van der Waals surface area (Å²) >= 11 is 0. The molecule has 0 atom stereocenters. The first kappa shape index (κ1) is 14.4. The van der Waals surface area contributed by atoms with Crippen molar-refractivity contribution in [3.63, 3.8) is 0 Å². The van der Waals surface area contributed by atoms with Crippen molar-refractivity contribution in [3.8, 4) is 0 Å². The third kappa shape index (κ3) is 4.00. The number of rotatable bonds is 3. The van der Waals surface area contributed by atoms with Gasteiger partial charge in [0, 0.05) is 5.56 Å². The molecule has 1 aliphatic heterocycles. The van der Waals surface area contributed by atoms with Gasteiger partial charge < -0.3 is 0 Å². The van der Waals surface area contributed by atoms with Crippen LogP contribution in [-0.2, 0) is 0 Å². The lowest BCUT2D eigenvalue weighted by molar-refractivity contribution is 0.173. The van der Waals surface area contributed by atoms with Crippen molar-refractivity contribution in [2.45, 2.75) is 6.92 Å². The fourth-order valence-corrected chi connectivity index (χ4v) is 1.52. The lowest BCUT2D eigenvalue weighted by Gasteiger charge is -2.25. The molecule has 1 aromatic rings. The Bertz CT molecular complexity index is 616. The average molecular weight is 292 g/mol. The molecule has 1 aromatic carbocycles. The van der Waals surface area contributed by atoms with Gasteiger partial charge in [0.1, 0.15) is 5.82 Å². The SMILES string of the molecule is CC1=NNC(=O)N(NC(=O)N/N=C/c2ccccc2F)C1. The summed E-state index contributed by atoms with van der Waals surface area (Å²) in [5.41, 5.74) is 7.50. The second kappa shape index (κ2) is 6.46. The molecule has 1 aliphatic rings. The Kier molecular flexibility index (Phi) is 4.44. The molecule has 8 nitrogen and oxygen atoms in total. The number of nitrogens with one attached hydrogen (secondary N) is 3. The first-order chi connectivity index (χ1) is 10.1. The van der Waals surface area contributed by atoms with Crippen LogP contribution in [0.15, 0.2) is 34.5 Å². The standard InChI is InChI=1S/C12H13FN6O2/c1-8-7-19(12(21)17-15-8)18-11(20)16-14-6-9-4-2-3-5-10(9)13/h2-6H,7H2,1H3,(H,17,21)(H2,16,18,20)/b14-6+. The van der Waals surface area contributed by atoms with Crippen LogP contribution in [0.3, 0.4) is 0 Å². The lowest BCUT2D eigenvalue weighted by Crippen LogP contribution is -2.55. The Labute approximate surface area is 119 Å². The van der Waals surface area contributed by atoms with Crippen LogP contribution in [0.2, 0.25) is 0 Å². The van der Waals surface area contributed by atoms with Crippen molar-refractivity contribution in [1.82, 2.24) is 21.3 Å². The molecule has 0 aromatic heterocycles. The number of hydrogen-bond donors (Lipinski definition) is 3. The van der Waals surface area contributed by atoms with E-state index >= 15 is 0 Å². The maximum Gasteiger partial charge on any atom is 0.356 e. The van der Waals surface area contributed by atoms with Gasteiger partial charge in [0.15, 0.2) is 0 Å². The molecule has 0 aliphatic carbocycles. The van der Waals surface area contributed by atoms with Gasteiger partial charge in [-0.3, -0.25) is 0 Å². The second-order valence-electron chi connectivity index (χ2n) is 4.18. The fourth-order valence-electron chi connectivity index (χ4n) is 1.52. The summed E-state index contributed by atoms with van der Waals surface area (Å²) in [5.74, 6) is -0.453. The van der Waals surface area contributed by atoms with E-state index in [1.165, 1.54) is 12.1 Å². The van der Waals surface area contributed by atoms with Crippen LogP contribution in [0.4, 0.5) is 14.0 Å². The minimum Gasteiger partial charge on any atom is -0.245 e. The highest BCUT2D eigenvalue weighted by molar-refractivity contribution is 5.92. The van der Waals surface area contributed by atoms with E-state index in [0.717, 1.165) is 11.2 Å². The van der Waals surface area contributed by atoms with Crippen LogP contribution in [0.5, 0.6) is 0 Å². The number of carbonyl (C=O) groups excluding carboxylic acids is 2. The Morgan fingerprint density at radius 2 is 2.29 bits per heavy atom. The molecule has 4 amide bonds. The largest absolute Gasteiger partial charge is 0.356 e. The number of hydrazone groups is 2. The normalized spacial score (nSPS) is 14.7. The summed E-state index contributed by atoms with van der Waals surface area (Å²) in [5, 5.41) is 8.35. The molecule has 1 heterocycles. The average Bonchev–Trinajstić information content (AvgIpc) is 2.45. The van der Waals surface area contributed by atoms with Gasteiger partial charge in [-0.05, 0) is 13.0 Å². The van der Waals surface area contributed by atoms with Gasteiger partial charge in [-0.15, -0.1) is 0 Å². The minimum atomic E-state index is -0.729. The van der Waals surface area contributed by atoms with E-state index in [1.54, 1.807) is 19.1 Å². The fraction of sp³-hybridized carbons (Fsp3) is 0.167. The third-order valence-electron chi connectivity index (χ3n) is 2.49. The molecule has 110 valence electrons. The number of urea groups is 2. The van der Waals surface area contributed by atoms with E-state index in [0.29, 0.717) is 5.71 Å². The zero-order valence-corrected chi connectivity index (χ0v) is 11.1. The number of benzene rings is 1. The van der Waals surface area contributed by atoms with Crippen molar-refractivity contribution >= 4 is 24.0 Å². The molecule has 21 heavy (non-hydrogen) atoms. The summed E-state index contributed by atoms with van der Waals surface area (Å²) in [6.07, 6.45) is 1.16. The van der Waals surface area contributed by atoms with Gasteiger partial charge in [0.2, 0.25) is 0 Å². The molecule has 9 heteroatoms. The van der Waals surface area contributed by atoms with Gasteiger partial charge in [-0.1, -0.05) is 18.2 Å². The van der Waals surface area contributed by atoms with Crippen LogP contribution in [-0.4, -0.2) is 35.5 Å². The molecule has 0 fully saturated rings. The van der Waals surface area contributed by atoms with Crippen molar-refractivity contribution < 1.29 is 14.0 Å².